The Morgan fingerprint density at radius 3 is 1.32 bits per heavy atom. The minimum Gasteiger partial charge on any atom is -0.506 e. The molecule has 18 nitrogen and oxygen atoms in total. The molecule has 21 heteroatoms. The molecule has 7 aromatic rings. The van der Waals surface area contributed by atoms with Crippen LogP contribution >= 0.6 is 0 Å². The number of aromatic hydroxyl groups is 1. The van der Waals surface area contributed by atoms with Gasteiger partial charge in [-0.05, 0) is 96.4 Å². The molecular formula is C38H27N7O11S3. The van der Waals surface area contributed by atoms with Gasteiger partial charge in [0.1, 0.15) is 11.4 Å². The highest BCUT2D eigenvalue weighted by Crippen LogP contribution is 2.41. The van der Waals surface area contributed by atoms with E-state index < -0.39 is 40.1 Å². The summed E-state index contributed by atoms with van der Waals surface area (Å²) in [5, 5.41) is 47.3. The Hall–Kier alpha value is -6.88. The van der Waals surface area contributed by atoms with Crippen LogP contribution in [-0.4, -0.2) is 55.0 Å². The van der Waals surface area contributed by atoms with E-state index in [2.05, 4.69) is 35.7 Å². The van der Waals surface area contributed by atoms with Crippen molar-refractivity contribution in [2.45, 2.75) is 21.6 Å². The minimum absolute atomic E-state index is 0.0456. The molecule has 0 atom stereocenters. The minimum atomic E-state index is -4.71. The Balaban J connectivity index is 1.31. The fourth-order valence-electron chi connectivity index (χ4n) is 5.91. The maximum absolute atomic E-state index is 12.2. The van der Waals surface area contributed by atoms with Gasteiger partial charge in [0.25, 0.3) is 30.4 Å². The van der Waals surface area contributed by atoms with Crippen LogP contribution in [-0.2, 0) is 30.4 Å². The number of aliphatic hydroxyl groups excluding tert-OH is 1. The van der Waals surface area contributed by atoms with Gasteiger partial charge >= 0.3 is 0 Å². The molecular weight excluding hydrogens is 827 g/mol. The lowest BCUT2D eigenvalue weighted by Gasteiger charge is -2.09. The average molecular weight is 854 g/mol. The van der Waals surface area contributed by atoms with Crippen LogP contribution in [0.15, 0.2) is 166 Å². The third-order valence-electron chi connectivity index (χ3n) is 8.66. The lowest BCUT2D eigenvalue weighted by atomic mass is 10.1. The molecule has 298 valence electrons. The first-order chi connectivity index (χ1) is 27.8. The Morgan fingerprint density at radius 2 is 0.847 bits per heavy atom. The van der Waals surface area contributed by atoms with E-state index in [0.29, 0.717) is 33.2 Å². The Labute approximate surface area is 334 Å². The standard InChI is InChI=1S/C38H27N7O11S3/c1-21(46)39-23-3-5-24(6-4-23)40-41-33-13-15-35(31-19-26(58(51,52)53)8-11-29(31)33)42-43-36-16-14-34(30-12-9-27(20-32(30)36)59(54,55)56)44-45-38-28-10-7-25(57(48,49)50)18-22(28)2-17-37(38)47/h2-20,47H,1H3,(H,39,46)(H,48,49,50)(H,51,52,53)(H,54,55,56). The van der Waals surface area contributed by atoms with Crippen LogP contribution in [0, 0.1) is 0 Å². The van der Waals surface area contributed by atoms with Crippen molar-refractivity contribution in [3.8, 4) is 5.75 Å². The predicted octanol–water partition coefficient (Wildman–Crippen LogP) is 10.4. The van der Waals surface area contributed by atoms with Crippen molar-refractivity contribution in [3.63, 3.8) is 0 Å². The van der Waals surface area contributed by atoms with Crippen molar-refractivity contribution in [2.75, 3.05) is 0 Å². The molecule has 0 heterocycles. The van der Waals surface area contributed by atoms with Gasteiger partial charge in [0, 0.05) is 33.9 Å². The van der Waals surface area contributed by atoms with Crippen LogP contribution in [0.3, 0.4) is 0 Å². The summed E-state index contributed by atoms with van der Waals surface area (Å²) in [6, 6.07) is 26.1. The molecule has 0 spiro atoms. The number of phenols is 1. The monoisotopic (exact) mass is 853 g/mol. The molecule has 0 aliphatic rings. The average Bonchev–Trinajstić information content (AvgIpc) is 3.18. The molecule has 0 amide bonds. The first-order valence-electron chi connectivity index (χ1n) is 16.8. The van der Waals surface area contributed by atoms with Crippen LogP contribution in [0.4, 0.5) is 39.8 Å². The number of hydrogen-bond donors (Lipinski definition) is 5. The molecule has 0 radical (unpaired) electrons. The molecule has 0 saturated heterocycles. The summed E-state index contributed by atoms with van der Waals surface area (Å²) in [4.78, 5) is 2.64. The first-order valence-corrected chi connectivity index (χ1v) is 21.1. The lowest BCUT2D eigenvalue weighted by molar-refractivity contribution is 0.477. The van der Waals surface area contributed by atoms with Gasteiger partial charge in [-0.25, -0.2) is 4.99 Å². The van der Waals surface area contributed by atoms with E-state index in [-0.39, 0.29) is 55.5 Å². The third kappa shape index (κ3) is 8.84. The fraction of sp³-hybridized carbons (Fsp3) is 0.0263. The summed E-state index contributed by atoms with van der Waals surface area (Å²) in [5.41, 5.74) is 1.51. The van der Waals surface area contributed by atoms with Gasteiger partial charge < -0.3 is 10.2 Å². The molecule has 0 bridgehead atoms. The van der Waals surface area contributed by atoms with Gasteiger partial charge in [0.2, 0.25) is 0 Å². The number of benzene rings is 7. The van der Waals surface area contributed by atoms with E-state index in [9.17, 15) is 49.1 Å². The van der Waals surface area contributed by atoms with Gasteiger partial charge in [-0.15, -0.1) is 25.6 Å². The summed E-state index contributed by atoms with van der Waals surface area (Å²) in [6.07, 6.45) is 0. The zero-order chi connectivity index (χ0) is 42.3. The lowest BCUT2D eigenvalue weighted by Crippen LogP contribution is -1.97. The van der Waals surface area contributed by atoms with E-state index in [1.54, 1.807) is 30.3 Å². The number of hydrogen-bond acceptors (Lipinski definition) is 14. The van der Waals surface area contributed by atoms with Crippen molar-refractivity contribution < 1.29 is 49.1 Å². The number of aliphatic hydroxyl groups is 1. The second-order valence-corrected chi connectivity index (χ2v) is 16.9. The van der Waals surface area contributed by atoms with Gasteiger partial charge in [-0.2, -0.15) is 30.4 Å². The molecule has 7 aromatic carbocycles. The van der Waals surface area contributed by atoms with Crippen molar-refractivity contribution in [2.24, 2.45) is 35.7 Å². The van der Waals surface area contributed by atoms with E-state index in [1.165, 1.54) is 73.7 Å². The van der Waals surface area contributed by atoms with Gasteiger partial charge in [0.05, 0.1) is 48.8 Å². The Morgan fingerprint density at radius 1 is 0.441 bits per heavy atom. The zero-order valence-corrected chi connectivity index (χ0v) is 32.5. The number of fused-ring (bicyclic) bond motifs is 3. The van der Waals surface area contributed by atoms with E-state index >= 15 is 0 Å². The van der Waals surface area contributed by atoms with Crippen LogP contribution in [0.25, 0.3) is 32.3 Å². The molecule has 0 unspecified atom stereocenters. The van der Waals surface area contributed by atoms with Crippen LogP contribution in [0.1, 0.15) is 6.92 Å². The number of phenolic OH excluding ortho intramolecular Hbond substituents is 1. The second kappa shape index (κ2) is 15.5. The number of nitrogens with zero attached hydrogens (tertiary/aromatic N) is 7. The number of rotatable bonds is 10. The molecule has 59 heavy (non-hydrogen) atoms. The molecule has 0 aliphatic heterocycles. The SMILES string of the molecule is CC(O)=Nc1ccc(N=Nc2ccc(N=Nc3ccc(N=Nc4c(O)ccc5cc(S(=O)(=O)O)ccc45)c4ccc(S(=O)(=O)O)cc34)c3cc(S(=O)(=O)O)ccc23)cc1. The molecule has 5 N–H and O–H groups in total. The predicted molar refractivity (Wildman–Crippen MR) is 217 cm³/mol. The molecule has 0 fully saturated rings. The van der Waals surface area contributed by atoms with Crippen LogP contribution in [0.5, 0.6) is 5.75 Å². The van der Waals surface area contributed by atoms with Crippen molar-refractivity contribution >= 4 is 108 Å². The topological polar surface area (TPSA) is 290 Å². The summed E-state index contributed by atoms with van der Waals surface area (Å²) < 4.78 is 101. The van der Waals surface area contributed by atoms with Crippen molar-refractivity contribution in [1.82, 2.24) is 0 Å². The maximum Gasteiger partial charge on any atom is 0.294 e. The van der Waals surface area contributed by atoms with Crippen molar-refractivity contribution in [1.29, 1.82) is 0 Å². The van der Waals surface area contributed by atoms with Crippen LogP contribution < -0.4 is 0 Å². The Kier molecular flexibility index (Phi) is 10.6. The zero-order valence-electron chi connectivity index (χ0n) is 30.0. The van der Waals surface area contributed by atoms with Gasteiger partial charge in [0.15, 0.2) is 5.90 Å². The Bertz CT molecular complexity index is 3330. The number of azo groups is 3. The maximum atomic E-state index is 12.2. The fourth-order valence-corrected chi connectivity index (χ4v) is 7.44. The highest BCUT2D eigenvalue weighted by atomic mass is 32.2. The molecule has 0 saturated carbocycles. The van der Waals surface area contributed by atoms with E-state index in [1.807, 2.05) is 0 Å². The molecule has 7 rings (SSSR count). The summed E-state index contributed by atoms with van der Waals surface area (Å²) >= 11 is 0. The second-order valence-electron chi connectivity index (χ2n) is 12.6. The van der Waals surface area contributed by atoms with E-state index in [4.69, 9.17) is 0 Å². The van der Waals surface area contributed by atoms with E-state index in [0.717, 1.165) is 18.2 Å². The smallest absolute Gasteiger partial charge is 0.294 e. The summed E-state index contributed by atoms with van der Waals surface area (Å²) in [5.74, 6) is -0.426. The molecule has 0 aliphatic carbocycles. The third-order valence-corrected chi connectivity index (χ3v) is 11.2. The quantitative estimate of drug-likeness (QED) is 0.0373. The van der Waals surface area contributed by atoms with Gasteiger partial charge in [-0.3, -0.25) is 13.7 Å². The highest BCUT2D eigenvalue weighted by molar-refractivity contribution is 7.86. The van der Waals surface area contributed by atoms with Gasteiger partial charge in [-0.1, -0.05) is 24.3 Å². The number of aliphatic imine (C=N–C) groups is 1. The van der Waals surface area contributed by atoms with Crippen molar-refractivity contribution in [3.05, 3.63) is 115 Å². The summed E-state index contributed by atoms with van der Waals surface area (Å²) in [7, 11) is -13.9. The summed E-state index contributed by atoms with van der Waals surface area (Å²) in [6.45, 7) is 1.43. The first kappa shape index (κ1) is 40.3. The normalized spacial score (nSPS) is 13.2. The largest absolute Gasteiger partial charge is 0.506 e. The van der Waals surface area contributed by atoms with Crippen LogP contribution in [0.2, 0.25) is 0 Å². The molecule has 0 aromatic heterocycles. The highest BCUT2D eigenvalue weighted by Gasteiger charge is 2.17.